The lowest BCUT2D eigenvalue weighted by Gasteiger charge is -2.30. The molecule has 2 aromatic carbocycles. The number of amidine groups is 1. The zero-order valence-electron chi connectivity index (χ0n) is 11.9. The Kier molecular flexibility index (Phi) is 3.01. The van der Waals surface area contributed by atoms with E-state index in [-0.39, 0.29) is 5.84 Å². The predicted molar refractivity (Wildman–Crippen MR) is 87.6 cm³/mol. The fourth-order valence-electron chi connectivity index (χ4n) is 3.38. The molecule has 1 unspecified atom stereocenters. The van der Waals surface area contributed by atoms with Crippen molar-refractivity contribution < 1.29 is 5.11 Å². The van der Waals surface area contributed by atoms with Crippen LogP contribution in [0.15, 0.2) is 41.4 Å². The van der Waals surface area contributed by atoms with Gasteiger partial charge in [0.15, 0.2) is 5.60 Å². The zero-order valence-corrected chi connectivity index (χ0v) is 12.7. The first-order chi connectivity index (χ1) is 10.6. The first-order valence-electron chi connectivity index (χ1n) is 7.29. The summed E-state index contributed by atoms with van der Waals surface area (Å²) in [6.07, 6.45) is 0.943. The van der Waals surface area contributed by atoms with Gasteiger partial charge in [-0.3, -0.25) is 0 Å². The van der Waals surface area contributed by atoms with Crippen molar-refractivity contribution in [1.82, 2.24) is 5.32 Å². The Bertz CT molecular complexity index is 802. The number of halogens is 1. The van der Waals surface area contributed by atoms with Gasteiger partial charge in [-0.05, 0) is 42.3 Å². The van der Waals surface area contributed by atoms with Crippen LogP contribution in [0.5, 0.6) is 0 Å². The van der Waals surface area contributed by atoms with E-state index in [1.54, 1.807) is 18.2 Å². The second kappa shape index (κ2) is 4.81. The van der Waals surface area contributed by atoms with Gasteiger partial charge in [0, 0.05) is 22.7 Å². The molecule has 4 rings (SSSR count). The van der Waals surface area contributed by atoms with E-state index < -0.39 is 5.60 Å². The molecule has 0 bridgehead atoms. The molecule has 4 N–H and O–H groups in total. The number of rotatable bonds is 1. The van der Waals surface area contributed by atoms with E-state index >= 15 is 0 Å². The van der Waals surface area contributed by atoms with Crippen LogP contribution in [0.4, 0.5) is 5.69 Å². The summed E-state index contributed by atoms with van der Waals surface area (Å²) in [6.45, 7) is 1.66. The number of hydrogen-bond acceptors (Lipinski definition) is 4. The van der Waals surface area contributed by atoms with Crippen molar-refractivity contribution in [1.29, 1.82) is 0 Å². The molecule has 2 aromatic rings. The Morgan fingerprint density at radius 1 is 1.23 bits per heavy atom. The number of nitrogens with one attached hydrogen (secondary N) is 1. The average Bonchev–Trinajstić information content (AvgIpc) is 2.79. The molecule has 0 aromatic heterocycles. The topological polar surface area (TPSA) is 70.6 Å². The van der Waals surface area contributed by atoms with Crippen LogP contribution in [0.3, 0.4) is 0 Å². The van der Waals surface area contributed by atoms with Gasteiger partial charge in [-0.25, -0.2) is 4.99 Å². The highest BCUT2D eigenvalue weighted by molar-refractivity contribution is 6.30. The van der Waals surface area contributed by atoms with Crippen LogP contribution in [0.2, 0.25) is 5.02 Å². The molecule has 5 heteroatoms. The SMILES string of the molecule is NC1=Nc2ccc(Cl)cc2C1(O)c1cccc2c1CNCC2. The van der Waals surface area contributed by atoms with Crippen LogP contribution in [-0.4, -0.2) is 17.5 Å². The third-order valence-corrected chi connectivity index (χ3v) is 4.73. The highest BCUT2D eigenvalue weighted by Gasteiger charge is 2.44. The fourth-order valence-corrected chi connectivity index (χ4v) is 3.55. The number of nitrogens with zero attached hydrogens (tertiary/aromatic N) is 1. The second-order valence-electron chi connectivity index (χ2n) is 5.74. The van der Waals surface area contributed by atoms with E-state index in [1.807, 2.05) is 12.1 Å². The summed E-state index contributed by atoms with van der Waals surface area (Å²) >= 11 is 6.11. The second-order valence-corrected chi connectivity index (χ2v) is 6.18. The minimum atomic E-state index is -1.41. The quantitative estimate of drug-likeness (QED) is 0.756. The number of benzene rings is 2. The lowest BCUT2D eigenvalue weighted by Crippen LogP contribution is -2.41. The van der Waals surface area contributed by atoms with Crippen molar-refractivity contribution in [3.05, 3.63) is 63.7 Å². The molecule has 2 aliphatic rings. The molecular formula is C17H16ClN3O. The summed E-state index contributed by atoms with van der Waals surface area (Å²) in [4.78, 5) is 4.34. The molecule has 0 amide bonds. The standard InChI is InChI=1S/C17H16ClN3O/c18-11-4-5-15-14(8-11)17(22,16(19)21-15)13-3-1-2-10-6-7-20-9-12(10)13/h1-5,8,20,22H,6-7,9H2,(H2,19,21). The Labute approximate surface area is 133 Å². The van der Waals surface area contributed by atoms with Crippen LogP contribution >= 0.6 is 11.6 Å². The van der Waals surface area contributed by atoms with Gasteiger partial charge in [-0.15, -0.1) is 0 Å². The number of nitrogens with two attached hydrogens (primary N) is 1. The van der Waals surface area contributed by atoms with Crippen molar-refractivity contribution in [3.8, 4) is 0 Å². The molecule has 0 fully saturated rings. The van der Waals surface area contributed by atoms with Crippen LogP contribution < -0.4 is 11.1 Å². The first kappa shape index (κ1) is 13.8. The summed E-state index contributed by atoms with van der Waals surface area (Å²) in [6, 6.07) is 11.3. The molecule has 4 nitrogen and oxygen atoms in total. The predicted octanol–water partition coefficient (Wildman–Crippen LogP) is 2.22. The fraction of sp³-hybridized carbons (Fsp3) is 0.235. The largest absolute Gasteiger partial charge is 0.384 e. The maximum absolute atomic E-state index is 11.4. The molecule has 2 aliphatic heterocycles. The lowest BCUT2D eigenvalue weighted by atomic mass is 9.81. The van der Waals surface area contributed by atoms with Crippen LogP contribution in [-0.2, 0) is 18.6 Å². The Morgan fingerprint density at radius 2 is 2.09 bits per heavy atom. The van der Waals surface area contributed by atoms with E-state index in [0.29, 0.717) is 16.3 Å². The normalized spacial score (nSPS) is 22.9. The summed E-state index contributed by atoms with van der Waals surface area (Å²) in [5, 5.41) is 15.3. The third kappa shape index (κ3) is 1.81. The Hall–Kier alpha value is -1.88. The van der Waals surface area contributed by atoms with Crippen molar-refractivity contribution in [3.63, 3.8) is 0 Å². The van der Waals surface area contributed by atoms with Crippen LogP contribution in [0.25, 0.3) is 0 Å². The minimum Gasteiger partial charge on any atom is -0.384 e. The monoisotopic (exact) mass is 313 g/mol. The smallest absolute Gasteiger partial charge is 0.174 e. The summed E-state index contributed by atoms with van der Waals surface area (Å²) in [5.74, 6) is 0.198. The Morgan fingerprint density at radius 3 is 2.95 bits per heavy atom. The molecule has 0 radical (unpaired) electrons. The number of aliphatic hydroxyl groups is 1. The van der Waals surface area contributed by atoms with Crippen molar-refractivity contribution in [2.45, 2.75) is 18.6 Å². The van der Waals surface area contributed by atoms with E-state index in [9.17, 15) is 5.11 Å². The minimum absolute atomic E-state index is 0.198. The number of hydrogen-bond donors (Lipinski definition) is 3. The van der Waals surface area contributed by atoms with Crippen molar-refractivity contribution in [2.24, 2.45) is 10.7 Å². The highest BCUT2D eigenvalue weighted by Crippen LogP contribution is 2.44. The van der Waals surface area contributed by atoms with Crippen molar-refractivity contribution >= 4 is 23.1 Å². The van der Waals surface area contributed by atoms with Gasteiger partial charge in [-0.1, -0.05) is 29.8 Å². The lowest BCUT2D eigenvalue weighted by molar-refractivity contribution is 0.157. The highest BCUT2D eigenvalue weighted by atomic mass is 35.5. The van der Waals surface area contributed by atoms with E-state index in [0.717, 1.165) is 30.6 Å². The van der Waals surface area contributed by atoms with Gasteiger partial charge in [0.25, 0.3) is 0 Å². The van der Waals surface area contributed by atoms with Crippen LogP contribution in [0, 0.1) is 0 Å². The summed E-state index contributed by atoms with van der Waals surface area (Å²) in [5.41, 5.74) is 9.16. The van der Waals surface area contributed by atoms with Gasteiger partial charge < -0.3 is 16.2 Å². The Balaban J connectivity index is 1.97. The van der Waals surface area contributed by atoms with Gasteiger partial charge in [-0.2, -0.15) is 0 Å². The zero-order chi connectivity index (χ0) is 15.3. The summed E-state index contributed by atoms with van der Waals surface area (Å²) in [7, 11) is 0. The molecule has 1 atom stereocenters. The third-order valence-electron chi connectivity index (χ3n) is 4.50. The van der Waals surface area contributed by atoms with Crippen molar-refractivity contribution in [2.75, 3.05) is 6.54 Å². The molecule has 0 saturated heterocycles. The van der Waals surface area contributed by atoms with E-state index in [2.05, 4.69) is 16.4 Å². The molecule has 0 aliphatic carbocycles. The maximum Gasteiger partial charge on any atom is 0.174 e. The summed E-state index contributed by atoms with van der Waals surface area (Å²) < 4.78 is 0. The number of fused-ring (bicyclic) bond motifs is 2. The molecule has 22 heavy (non-hydrogen) atoms. The van der Waals surface area contributed by atoms with E-state index in [4.69, 9.17) is 17.3 Å². The van der Waals surface area contributed by atoms with Gasteiger partial charge in [0.2, 0.25) is 0 Å². The van der Waals surface area contributed by atoms with Crippen LogP contribution in [0.1, 0.15) is 22.3 Å². The molecular weight excluding hydrogens is 298 g/mol. The molecule has 0 saturated carbocycles. The van der Waals surface area contributed by atoms with Gasteiger partial charge in [0.05, 0.1) is 5.69 Å². The molecule has 0 spiro atoms. The number of aliphatic imine (C=N–C) groups is 1. The van der Waals surface area contributed by atoms with Gasteiger partial charge >= 0.3 is 0 Å². The molecule has 2 heterocycles. The van der Waals surface area contributed by atoms with E-state index in [1.165, 1.54) is 5.56 Å². The van der Waals surface area contributed by atoms with Gasteiger partial charge in [0.1, 0.15) is 5.84 Å². The molecule has 112 valence electrons. The first-order valence-corrected chi connectivity index (χ1v) is 7.67. The maximum atomic E-state index is 11.4. The average molecular weight is 314 g/mol.